The van der Waals surface area contributed by atoms with Crippen LogP contribution in [0.3, 0.4) is 0 Å². The van der Waals surface area contributed by atoms with Crippen LogP contribution in [0.25, 0.3) is 0 Å². The molecule has 29 heavy (non-hydrogen) atoms. The van der Waals surface area contributed by atoms with Gasteiger partial charge in [-0.3, -0.25) is 9.59 Å². The van der Waals surface area contributed by atoms with E-state index in [1.54, 1.807) is 0 Å². The second-order valence-electron chi connectivity index (χ2n) is 8.82. The van der Waals surface area contributed by atoms with Crippen molar-refractivity contribution in [2.45, 2.75) is 63.2 Å². The maximum atomic E-state index is 12.8. The standard InChI is InChI=1S/C23H33N3O3/c1-24(2)18-9-7-17(8-10-18)22(27)25-14-11-20(12-15-25)29-21-13-16-26(23(21)28)19-5-3-4-6-19/h7-10,19-21H,3-6,11-16H2,1-2H3. The predicted octanol–water partition coefficient (Wildman–Crippen LogP) is 2.92. The second-order valence-corrected chi connectivity index (χ2v) is 8.82. The van der Waals surface area contributed by atoms with Gasteiger partial charge in [-0.05, 0) is 49.9 Å². The Kier molecular flexibility index (Phi) is 6.09. The number of nitrogens with zero attached hydrogens (tertiary/aromatic N) is 3. The molecular weight excluding hydrogens is 366 g/mol. The number of likely N-dealkylation sites (tertiary alicyclic amines) is 2. The fourth-order valence-corrected chi connectivity index (χ4v) is 4.89. The number of ether oxygens (including phenoxy) is 1. The summed E-state index contributed by atoms with van der Waals surface area (Å²) in [5, 5.41) is 0. The first-order valence-electron chi connectivity index (χ1n) is 11.1. The fourth-order valence-electron chi connectivity index (χ4n) is 4.89. The minimum absolute atomic E-state index is 0.0765. The van der Waals surface area contributed by atoms with Crippen molar-refractivity contribution in [1.29, 1.82) is 0 Å². The molecule has 2 heterocycles. The summed E-state index contributed by atoms with van der Waals surface area (Å²) in [6.07, 6.45) is 6.99. The summed E-state index contributed by atoms with van der Waals surface area (Å²) in [6, 6.07) is 8.19. The number of carbonyl (C=O) groups is 2. The van der Waals surface area contributed by atoms with Gasteiger partial charge in [0.2, 0.25) is 0 Å². The van der Waals surface area contributed by atoms with E-state index in [1.165, 1.54) is 12.8 Å². The molecule has 0 N–H and O–H groups in total. The van der Waals surface area contributed by atoms with Crippen molar-refractivity contribution in [3.05, 3.63) is 29.8 Å². The Labute approximate surface area is 173 Å². The third kappa shape index (κ3) is 4.42. The molecule has 1 unspecified atom stereocenters. The summed E-state index contributed by atoms with van der Waals surface area (Å²) in [6.45, 7) is 2.22. The topological polar surface area (TPSA) is 53.1 Å². The maximum Gasteiger partial charge on any atom is 0.253 e. The number of rotatable bonds is 5. The first-order chi connectivity index (χ1) is 14.0. The first-order valence-corrected chi connectivity index (χ1v) is 11.1. The molecule has 158 valence electrons. The largest absolute Gasteiger partial charge is 0.378 e. The molecule has 1 aliphatic carbocycles. The van der Waals surface area contributed by atoms with Gasteiger partial charge in [0.05, 0.1) is 6.10 Å². The summed E-state index contributed by atoms with van der Waals surface area (Å²) in [5.74, 6) is 0.273. The lowest BCUT2D eigenvalue weighted by Gasteiger charge is -2.33. The molecule has 0 radical (unpaired) electrons. The number of hydrogen-bond donors (Lipinski definition) is 0. The Bertz CT molecular complexity index is 719. The monoisotopic (exact) mass is 399 g/mol. The van der Waals surface area contributed by atoms with E-state index < -0.39 is 0 Å². The van der Waals surface area contributed by atoms with Crippen LogP contribution in [0, 0.1) is 0 Å². The Hall–Kier alpha value is -2.08. The van der Waals surface area contributed by atoms with Gasteiger partial charge in [0.15, 0.2) is 0 Å². The van der Waals surface area contributed by atoms with Gasteiger partial charge in [-0.25, -0.2) is 0 Å². The van der Waals surface area contributed by atoms with Crippen LogP contribution in [0.2, 0.25) is 0 Å². The van der Waals surface area contributed by atoms with Gasteiger partial charge < -0.3 is 19.4 Å². The van der Waals surface area contributed by atoms with Crippen LogP contribution in [0.4, 0.5) is 5.69 Å². The zero-order valence-corrected chi connectivity index (χ0v) is 17.7. The summed E-state index contributed by atoms with van der Waals surface area (Å²) in [7, 11) is 3.98. The average molecular weight is 400 g/mol. The van der Waals surface area contributed by atoms with Gasteiger partial charge in [-0.15, -0.1) is 0 Å². The summed E-state index contributed by atoms with van der Waals surface area (Å²) in [5.41, 5.74) is 1.81. The minimum atomic E-state index is -0.276. The van der Waals surface area contributed by atoms with E-state index in [2.05, 4.69) is 4.90 Å². The maximum absolute atomic E-state index is 12.8. The van der Waals surface area contributed by atoms with Crippen LogP contribution >= 0.6 is 0 Å². The molecule has 1 aromatic carbocycles. The molecule has 1 aromatic rings. The Morgan fingerprint density at radius 1 is 0.966 bits per heavy atom. The van der Waals surface area contributed by atoms with E-state index in [4.69, 9.17) is 4.74 Å². The molecule has 2 aliphatic heterocycles. The number of amides is 2. The average Bonchev–Trinajstić information content (AvgIpc) is 3.38. The van der Waals surface area contributed by atoms with E-state index in [0.29, 0.717) is 19.1 Å². The van der Waals surface area contributed by atoms with Crippen molar-refractivity contribution in [2.24, 2.45) is 0 Å². The molecule has 0 spiro atoms. The molecule has 1 atom stereocenters. The molecule has 2 amide bonds. The molecule has 1 saturated carbocycles. The molecule has 3 fully saturated rings. The van der Waals surface area contributed by atoms with E-state index in [-0.39, 0.29) is 24.0 Å². The lowest BCUT2D eigenvalue weighted by Crippen LogP contribution is -2.43. The van der Waals surface area contributed by atoms with Gasteiger partial charge in [0.25, 0.3) is 11.8 Å². The molecule has 0 aromatic heterocycles. The number of benzene rings is 1. The molecule has 3 aliphatic rings. The van der Waals surface area contributed by atoms with Crippen molar-refractivity contribution in [2.75, 3.05) is 38.6 Å². The molecule has 0 bridgehead atoms. The highest BCUT2D eigenvalue weighted by Gasteiger charge is 2.39. The smallest absolute Gasteiger partial charge is 0.253 e. The fraction of sp³-hybridized carbons (Fsp3) is 0.652. The van der Waals surface area contributed by atoms with Crippen molar-refractivity contribution >= 4 is 17.5 Å². The summed E-state index contributed by atoms with van der Waals surface area (Å²) < 4.78 is 6.20. The molecule has 2 saturated heterocycles. The molecule has 4 rings (SSSR count). The highest BCUT2D eigenvalue weighted by atomic mass is 16.5. The molecular formula is C23H33N3O3. The van der Waals surface area contributed by atoms with Crippen LogP contribution in [0.15, 0.2) is 24.3 Å². The van der Waals surface area contributed by atoms with E-state index >= 15 is 0 Å². The predicted molar refractivity (Wildman–Crippen MR) is 113 cm³/mol. The zero-order valence-electron chi connectivity index (χ0n) is 17.7. The number of hydrogen-bond acceptors (Lipinski definition) is 4. The first kappa shape index (κ1) is 20.2. The SMILES string of the molecule is CN(C)c1ccc(C(=O)N2CCC(OC3CCN(C4CCCC4)C3=O)CC2)cc1. The third-order valence-electron chi connectivity index (χ3n) is 6.67. The van der Waals surface area contributed by atoms with E-state index in [0.717, 1.165) is 49.9 Å². The van der Waals surface area contributed by atoms with Crippen molar-refractivity contribution < 1.29 is 14.3 Å². The quantitative estimate of drug-likeness (QED) is 0.764. The van der Waals surface area contributed by atoms with Crippen LogP contribution in [-0.2, 0) is 9.53 Å². The zero-order chi connectivity index (χ0) is 20.4. The highest BCUT2D eigenvalue weighted by molar-refractivity contribution is 5.94. The van der Waals surface area contributed by atoms with E-state index in [9.17, 15) is 9.59 Å². The second kappa shape index (κ2) is 8.74. The van der Waals surface area contributed by atoms with Crippen LogP contribution < -0.4 is 4.90 Å². The van der Waals surface area contributed by atoms with Gasteiger partial charge >= 0.3 is 0 Å². The Morgan fingerprint density at radius 3 is 2.24 bits per heavy atom. The van der Waals surface area contributed by atoms with Crippen LogP contribution in [0.5, 0.6) is 0 Å². The van der Waals surface area contributed by atoms with E-state index in [1.807, 2.05) is 48.2 Å². The lowest BCUT2D eigenvalue weighted by molar-refractivity contribution is -0.143. The van der Waals surface area contributed by atoms with Crippen molar-refractivity contribution in [1.82, 2.24) is 9.80 Å². The van der Waals surface area contributed by atoms with Crippen molar-refractivity contribution in [3.8, 4) is 0 Å². The van der Waals surface area contributed by atoms with Gasteiger partial charge in [-0.2, -0.15) is 0 Å². The van der Waals surface area contributed by atoms with Crippen LogP contribution in [0.1, 0.15) is 55.3 Å². The Balaban J connectivity index is 1.26. The lowest BCUT2D eigenvalue weighted by atomic mass is 10.1. The normalized spacial score (nSPS) is 23.8. The molecule has 6 heteroatoms. The summed E-state index contributed by atoms with van der Waals surface area (Å²) in [4.78, 5) is 31.5. The number of anilines is 1. The Morgan fingerprint density at radius 2 is 1.62 bits per heavy atom. The highest BCUT2D eigenvalue weighted by Crippen LogP contribution is 2.29. The van der Waals surface area contributed by atoms with Gasteiger partial charge in [-0.1, -0.05) is 12.8 Å². The minimum Gasteiger partial charge on any atom is -0.378 e. The number of carbonyl (C=O) groups excluding carboxylic acids is 2. The number of piperidine rings is 1. The van der Waals surface area contributed by atoms with Gasteiger partial charge in [0, 0.05) is 57.4 Å². The van der Waals surface area contributed by atoms with Gasteiger partial charge in [0.1, 0.15) is 6.10 Å². The van der Waals surface area contributed by atoms with Crippen LogP contribution in [-0.4, -0.2) is 73.6 Å². The molecule has 6 nitrogen and oxygen atoms in total. The van der Waals surface area contributed by atoms with Crippen molar-refractivity contribution in [3.63, 3.8) is 0 Å². The summed E-state index contributed by atoms with van der Waals surface area (Å²) >= 11 is 0. The third-order valence-corrected chi connectivity index (χ3v) is 6.67.